The molecule has 2 rings (SSSR count). The number of rotatable bonds is 5. The normalized spacial score (nSPS) is 24.6. The summed E-state index contributed by atoms with van der Waals surface area (Å²) in [5, 5.41) is 3.39. The van der Waals surface area contributed by atoms with E-state index in [0.29, 0.717) is 5.92 Å². The van der Waals surface area contributed by atoms with Crippen LogP contribution in [-0.2, 0) is 4.74 Å². The van der Waals surface area contributed by atoms with Gasteiger partial charge in [-0.3, -0.25) is 0 Å². The van der Waals surface area contributed by atoms with Gasteiger partial charge in [0.15, 0.2) is 11.6 Å². The smallest absolute Gasteiger partial charge is 0.159 e. The van der Waals surface area contributed by atoms with Crippen LogP contribution in [-0.4, -0.2) is 19.3 Å². The highest BCUT2D eigenvalue weighted by Gasteiger charge is 2.33. The van der Waals surface area contributed by atoms with Crippen molar-refractivity contribution in [2.75, 3.05) is 13.2 Å². The summed E-state index contributed by atoms with van der Waals surface area (Å²) in [6.07, 6.45) is 2.02. The number of benzene rings is 1. The Morgan fingerprint density at radius 1 is 1.37 bits per heavy atom. The van der Waals surface area contributed by atoms with E-state index in [4.69, 9.17) is 4.74 Å². The molecule has 0 aromatic heterocycles. The molecule has 1 aromatic rings. The van der Waals surface area contributed by atoms with E-state index in [1.54, 1.807) is 6.07 Å². The predicted molar refractivity (Wildman–Crippen MR) is 70.9 cm³/mol. The third-order valence-electron chi connectivity index (χ3n) is 3.69. The van der Waals surface area contributed by atoms with Gasteiger partial charge >= 0.3 is 0 Å². The van der Waals surface area contributed by atoms with Gasteiger partial charge in [0.1, 0.15) is 0 Å². The van der Waals surface area contributed by atoms with Gasteiger partial charge in [-0.25, -0.2) is 8.78 Å². The Bertz CT molecular complexity index is 425. The zero-order valence-electron chi connectivity index (χ0n) is 11.5. The van der Waals surface area contributed by atoms with Crippen molar-refractivity contribution in [3.8, 4) is 0 Å². The lowest BCUT2D eigenvalue weighted by molar-refractivity contribution is 0.0606. The Morgan fingerprint density at radius 3 is 2.74 bits per heavy atom. The van der Waals surface area contributed by atoms with Crippen LogP contribution < -0.4 is 5.32 Å². The van der Waals surface area contributed by atoms with E-state index < -0.39 is 11.6 Å². The van der Waals surface area contributed by atoms with Crippen LogP contribution >= 0.6 is 0 Å². The first-order chi connectivity index (χ1) is 9.13. The molecular formula is C15H21F2NO. The topological polar surface area (TPSA) is 21.3 Å². The van der Waals surface area contributed by atoms with Crippen LogP contribution in [0.15, 0.2) is 18.2 Å². The lowest BCUT2D eigenvalue weighted by Gasteiger charge is -2.27. The second-order valence-electron chi connectivity index (χ2n) is 5.21. The summed E-state index contributed by atoms with van der Waals surface area (Å²) in [6, 6.07) is 4.02. The Kier molecular flexibility index (Phi) is 4.88. The highest BCUT2D eigenvalue weighted by atomic mass is 19.2. The minimum absolute atomic E-state index is 0.0245. The molecule has 0 saturated carbocycles. The van der Waals surface area contributed by atoms with Gasteiger partial charge in [-0.2, -0.15) is 0 Å². The molecule has 19 heavy (non-hydrogen) atoms. The van der Waals surface area contributed by atoms with Crippen molar-refractivity contribution in [1.29, 1.82) is 0 Å². The van der Waals surface area contributed by atoms with Gasteiger partial charge in [-0.05, 0) is 43.0 Å². The molecule has 0 radical (unpaired) electrons. The third kappa shape index (κ3) is 3.31. The van der Waals surface area contributed by atoms with E-state index in [0.717, 1.165) is 31.6 Å². The van der Waals surface area contributed by atoms with Gasteiger partial charge in [-0.15, -0.1) is 0 Å². The van der Waals surface area contributed by atoms with Crippen LogP contribution in [0.3, 0.4) is 0 Å². The Labute approximate surface area is 113 Å². The van der Waals surface area contributed by atoms with Gasteiger partial charge in [-0.1, -0.05) is 19.9 Å². The van der Waals surface area contributed by atoms with Gasteiger partial charge < -0.3 is 10.1 Å². The lowest BCUT2D eigenvalue weighted by atomic mass is 9.92. The fourth-order valence-electron chi connectivity index (χ4n) is 2.57. The molecular weight excluding hydrogens is 248 g/mol. The highest BCUT2D eigenvalue weighted by molar-refractivity contribution is 5.23. The van der Waals surface area contributed by atoms with Gasteiger partial charge in [0.05, 0.1) is 12.1 Å². The maximum atomic E-state index is 13.4. The molecule has 106 valence electrons. The first kappa shape index (κ1) is 14.4. The summed E-state index contributed by atoms with van der Waals surface area (Å²) in [5.74, 6) is -1.19. The first-order valence-corrected chi connectivity index (χ1v) is 6.93. The van der Waals surface area contributed by atoms with Crippen molar-refractivity contribution in [3.63, 3.8) is 0 Å². The summed E-state index contributed by atoms with van der Waals surface area (Å²) < 4.78 is 32.2. The fourth-order valence-corrected chi connectivity index (χ4v) is 2.57. The fraction of sp³-hybridized carbons (Fsp3) is 0.600. The maximum Gasteiger partial charge on any atom is 0.159 e. The molecule has 0 spiro atoms. The van der Waals surface area contributed by atoms with Crippen molar-refractivity contribution in [3.05, 3.63) is 35.4 Å². The van der Waals surface area contributed by atoms with Crippen molar-refractivity contribution < 1.29 is 13.5 Å². The number of halogens is 2. The molecule has 1 N–H and O–H groups in total. The molecule has 4 heteroatoms. The summed E-state index contributed by atoms with van der Waals surface area (Å²) in [7, 11) is 0. The molecule has 0 aliphatic carbocycles. The molecule has 0 bridgehead atoms. The molecule has 1 aliphatic rings. The van der Waals surface area contributed by atoms with E-state index in [-0.39, 0.29) is 12.1 Å². The van der Waals surface area contributed by atoms with Crippen LogP contribution in [0.4, 0.5) is 8.78 Å². The molecule has 3 unspecified atom stereocenters. The number of ether oxygens (including phenoxy) is 1. The van der Waals surface area contributed by atoms with E-state index in [2.05, 4.69) is 19.2 Å². The minimum atomic E-state index is -0.807. The van der Waals surface area contributed by atoms with Gasteiger partial charge in [0.2, 0.25) is 0 Å². The molecule has 1 heterocycles. The molecule has 1 aromatic carbocycles. The van der Waals surface area contributed by atoms with E-state index in [1.807, 2.05) is 0 Å². The van der Waals surface area contributed by atoms with Crippen LogP contribution in [0.2, 0.25) is 0 Å². The first-order valence-electron chi connectivity index (χ1n) is 6.93. The van der Waals surface area contributed by atoms with Crippen molar-refractivity contribution in [1.82, 2.24) is 5.32 Å². The van der Waals surface area contributed by atoms with Crippen molar-refractivity contribution in [2.24, 2.45) is 5.92 Å². The van der Waals surface area contributed by atoms with E-state index in [1.165, 1.54) is 12.1 Å². The Balaban J connectivity index is 2.22. The lowest BCUT2D eigenvalue weighted by Crippen LogP contribution is -2.35. The molecule has 1 aliphatic heterocycles. The summed E-state index contributed by atoms with van der Waals surface area (Å²) in [4.78, 5) is 0. The molecule has 2 nitrogen and oxygen atoms in total. The van der Waals surface area contributed by atoms with E-state index in [9.17, 15) is 8.78 Å². The molecule has 1 fully saturated rings. The summed E-state index contributed by atoms with van der Waals surface area (Å²) in [5.41, 5.74) is 0.756. The van der Waals surface area contributed by atoms with Crippen LogP contribution in [0.1, 0.15) is 38.3 Å². The maximum absolute atomic E-state index is 13.4. The molecule has 3 atom stereocenters. The molecule has 1 saturated heterocycles. The van der Waals surface area contributed by atoms with Crippen LogP contribution in [0.5, 0.6) is 0 Å². The SMILES string of the molecule is CCCNC(c1ccc(F)c(F)c1)C1OCCC1C. The van der Waals surface area contributed by atoms with Crippen LogP contribution in [0, 0.1) is 17.6 Å². The standard InChI is InChI=1S/C15H21F2NO/c1-3-7-18-14(15-10(2)6-8-19-15)11-4-5-12(16)13(17)9-11/h4-5,9-10,14-15,18H,3,6-8H2,1-2H3. The predicted octanol–water partition coefficient (Wildman–Crippen LogP) is 3.43. The number of hydrogen-bond acceptors (Lipinski definition) is 2. The van der Waals surface area contributed by atoms with Gasteiger partial charge in [0.25, 0.3) is 0 Å². The Hall–Kier alpha value is -1.00. The second kappa shape index (κ2) is 6.44. The zero-order chi connectivity index (χ0) is 13.8. The summed E-state index contributed by atoms with van der Waals surface area (Å²) >= 11 is 0. The highest BCUT2D eigenvalue weighted by Crippen LogP contribution is 2.31. The third-order valence-corrected chi connectivity index (χ3v) is 3.69. The zero-order valence-corrected chi connectivity index (χ0v) is 11.5. The second-order valence-corrected chi connectivity index (χ2v) is 5.21. The quantitative estimate of drug-likeness (QED) is 0.884. The molecule has 0 amide bonds. The van der Waals surface area contributed by atoms with E-state index >= 15 is 0 Å². The minimum Gasteiger partial charge on any atom is -0.376 e. The Morgan fingerprint density at radius 2 is 2.16 bits per heavy atom. The summed E-state index contributed by atoms with van der Waals surface area (Å²) in [6.45, 7) is 5.78. The largest absolute Gasteiger partial charge is 0.376 e. The monoisotopic (exact) mass is 269 g/mol. The number of hydrogen-bond donors (Lipinski definition) is 1. The van der Waals surface area contributed by atoms with Crippen molar-refractivity contribution >= 4 is 0 Å². The van der Waals surface area contributed by atoms with Crippen LogP contribution in [0.25, 0.3) is 0 Å². The average molecular weight is 269 g/mol. The number of nitrogens with one attached hydrogen (secondary N) is 1. The average Bonchev–Trinajstić information content (AvgIpc) is 2.80. The van der Waals surface area contributed by atoms with Gasteiger partial charge in [0, 0.05) is 6.61 Å². The van der Waals surface area contributed by atoms with Crippen molar-refractivity contribution in [2.45, 2.75) is 38.8 Å².